The van der Waals surface area contributed by atoms with E-state index >= 15 is 0 Å². The molecule has 0 bridgehead atoms. The van der Waals surface area contributed by atoms with Crippen LogP contribution >= 0.6 is 0 Å². The van der Waals surface area contributed by atoms with Crippen LogP contribution < -0.4 is 10.6 Å². The van der Waals surface area contributed by atoms with E-state index in [1.54, 1.807) is 0 Å². The quantitative estimate of drug-likeness (QED) is 0.864. The molecule has 17 heavy (non-hydrogen) atoms. The highest BCUT2D eigenvalue weighted by Crippen LogP contribution is 2.31. The smallest absolute Gasteiger partial charge is 0.225 e. The fourth-order valence-corrected chi connectivity index (χ4v) is 2.47. The SMILES string of the molecule is CN(CCN)c1ncc(C2CCCCC2)cn1. The van der Waals surface area contributed by atoms with Crippen LogP contribution in [0.3, 0.4) is 0 Å². The summed E-state index contributed by atoms with van der Waals surface area (Å²) in [5, 5.41) is 0. The van der Waals surface area contributed by atoms with Gasteiger partial charge < -0.3 is 10.6 Å². The minimum Gasteiger partial charge on any atom is -0.343 e. The van der Waals surface area contributed by atoms with Crippen LogP contribution in [-0.4, -0.2) is 30.1 Å². The third-order valence-electron chi connectivity index (χ3n) is 3.54. The van der Waals surface area contributed by atoms with Gasteiger partial charge in [-0.2, -0.15) is 0 Å². The first-order chi connectivity index (χ1) is 8.31. The molecule has 1 heterocycles. The summed E-state index contributed by atoms with van der Waals surface area (Å²) in [6.45, 7) is 1.42. The first-order valence-electron chi connectivity index (χ1n) is 6.54. The number of likely N-dealkylation sites (N-methyl/N-ethyl adjacent to an activating group) is 1. The second-order valence-electron chi connectivity index (χ2n) is 4.86. The number of rotatable bonds is 4. The molecule has 0 radical (unpaired) electrons. The van der Waals surface area contributed by atoms with Gasteiger partial charge in [0, 0.05) is 32.5 Å². The summed E-state index contributed by atoms with van der Waals surface area (Å²) in [5.41, 5.74) is 6.82. The maximum absolute atomic E-state index is 5.52. The molecule has 94 valence electrons. The van der Waals surface area contributed by atoms with Crippen LogP contribution in [0.2, 0.25) is 0 Å². The molecule has 0 aliphatic heterocycles. The summed E-state index contributed by atoms with van der Waals surface area (Å²) in [6.07, 6.45) is 10.6. The first-order valence-corrected chi connectivity index (χ1v) is 6.54. The van der Waals surface area contributed by atoms with Gasteiger partial charge in [0.15, 0.2) is 0 Å². The van der Waals surface area contributed by atoms with E-state index in [1.807, 2.05) is 24.3 Å². The fraction of sp³-hybridized carbons (Fsp3) is 0.692. The van der Waals surface area contributed by atoms with Gasteiger partial charge in [-0.25, -0.2) is 9.97 Å². The van der Waals surface area contributed by atoms with Gasteiger partial charge >= 0.3 is 0 Å². The Balaban J connectivity index is 2.01. The van der Waals surface area contributed by atoms with Gasteiger partial charge in [0.05, 0.1) is 0 Å². The van der Waals surface area contributed by atoms with Crippen LogP contribution in [0.15, 0.2) is 12.4 Å². The molecular weight excluding hydrogens is 212 g/mol. The molecule has 1 aromatic rings. The molecule has 2 N–H and O–H groups in total. The molecule has 0 spiro atoms. The predicted molar refractivity (Wildman–Crippen MR) is 70.2 cm³/mol. The zero-order valence-corrected chi connectivity index (χ0v) is 10.6. The zero-order chi connectivity index (χ0) is 12.1. The van der Waals surface area contributed by atoms with Gasteiger partial charge in [-0.15, -0.1) is 0 Å². The van der Waals surface area contributed by atoms with Crippen LogP contribution in [-0.2, 0) is 0 Å². The van der Waals surface area contributed by atoms with Gasteiger partial charge in [0.2, 0.25) is 5.95 Å². The number of nitrogens with zero attached hydrogens (tertiary/aromatic N) is 3. The summed E-state index contributed by atoms with van der Waals surface area (Å²) in [7, 11) is 1.97. The van der Waals surface area contributed by atoms with Crippen LogP contribution in [0.1, 0.15) is 43.6 Å². The van der Waals surface area contributed by atoms with Crippen molar-refractivity contribution in [3.8, 4) is 0 Å². The second kappa shape index (κ2) is 5.96. The third-order valence-corrected chi connectivity index (χ3v) is 3.54. The molecule has 0 unspecified atom stereocenters. The van der Waals surface area contributed by atoms with Crippen molar-refractivity contribution in [2.75, 3.05) is 25.0 Å². The topological polar surface area (TPSA) is 55.0 Å². The summed E-state index contributed by atoms with van der Waals surface area (Å²) in [5.74, 6) is 1.45. The Morgan fingerprint density at radius 2 is 1.88 bits per heavy atom. The first kappa shape index (κ1) is 12.3. The number of hydrogen-bond donors (Lipinski definition) is 1. The van der Waals surface area contributed by atoms with Crippen LogP contribution in [0.25, 0.3) is 0 Å². The van der Waals surface area contributed by atoms with Crippen LogP contribution in [0, 0.1) is 0 Å². The molecule has 0 atom stereocenters. The standard InChI is InChI=1S/C13H22N4/c1-17(8-7-14)13-15-9-12(10-16-13)11-5-3-2-4-6-11/h9-11H,2-8,14H2,1H3. The highest BCUT2D eigenvalue weighted by atomic mass is 15.2. The van der Waals surface area contributed by atoms with Gasteiger partial charge in [-0.05, 0) is 24.3 Å². The number of anilines is 1. The molecular formula is C13H22N4. The van der Waals surface area contributed by atoms with E-state index in [9.17, 15) is 0 Å². The largest absolute Gasteiger partial charge is 0.343 e. The fourth-order valence-electron chi connectivity index (χ4n) is 2.47. The minimum atomic E-state index is 0.629. The second-order valence-corrected chi connectivity index (χ2v) is 4.86. The van der Waals surface area contributed by atoms with Crippen molar-refractivity contribution in [2.24, 2.45) is 5.73 Å². The lowest BCUT2D eigenvalue weighted by atomic mass is 9.85. The molecule has 0 amide bonds. The average Bonchev–Trinajstić information content (AvgIpc) is 2.40. The van der Waals surface area contributed by atoms with Crippen molar-refractivity contribution in [1.82, 2.24) is 9.97 Å². The average molecular weight is 234 g/mol. The van der Waals surface area contributed by atoms with E-state index in [0.717, 1.165) is 12.5 Å². The van der Waals surface area contributed by atoms with Crippen molar-refractivity contribution >= 4 is 5.95 Å². The lowest BCUT2D eigenvalue weighted by molar-refractivity contribution is 0.442. The van der Waals surface area contributed by atoms with E-state index in [0.29, 0.717) is 12.5 Å². The molecule has 2 rings (SSSR count). The maximum atomic E-state index is 5.52. The monoisotopic (exact) mass is 234 g/mol. The Labute approximate surface area is 103 Å². The third kappa shape index (κ3) is 3.16. The van der Waals surface area contributed by atoms with Crippen molar-refractivity contribution in [1.29, 1.82) is 0 Å². The van der Waals surface area contributed by atoms with E-state index in [4.69, 9.17) is 5.73 Å². The highest BCUT2D eigenvalue weighted by Gasteiger charge is 2.16. The van der Waals surface area contributed by atoms with Crippen molar-refractivity contribution < 1.29 is 0 Å². The summed E-state index contributed by atoms with van der Waals surface area (Å²) < 4.78 is 0. The molecule has 1 aromatic heterocycles. The van der Waals surface area contributed by atoms with Crippen LogP contribution in [0.4, 0.5) is 5.95 Å². The summed E-state index contributed by atoms with van der Waals surface area (Å²) in [4.78, 5) is 10.9. The maximum Gasteiger partial charge on any atom is 0.225 e. The Hall–Kier alpha value is -1.16. The molecule has 0 aromatic carbocycles. The van der Waals surface area contributed by atoms with E-state index in [2.05, 4.69) is 9.97 Å². The van der Waals surface area contributed by atoms with Crippen molar-refractivity contribution in [3.63, 3.8) is 0 Å². The lowest BCUT2D eigenvalue weighted by Crippen LogP contribution is -2.26. The van der Waals surface area contributed by atoms with Crippen LogP contribution in [0.5, 0.6) is 0 Å². The Morgan fingerprint density at radius 1 is 1.24 bits per heavy atom. The molecule has 1 aliphatic carbocycles. The summed E-state index contributed by atoms with van der Waals surface area (Å²) >= 11 is 0. The molecule has 4 nitrogen and oxygen atoms in total. The normalized spacial score (nSPS) is 17.1. The van der Waals surface area contributed by atoms with Crippen molar-refractivity contribution in [3.05, 3.63) is 18.0 Å². The Kier molecular flexibility index (Phi) is 4.31. The van der Waals surface area contributed by atoms with Crippen molar-refractivity contribution in [2.45, 2.75) is 38.0 Å². The Bertz CT molecular complexity index is 330. The molecule has 1 saturated carbocycles. The number of nitrogens with two attached hydrogens (primary N) is 1. The van der Waals surface area contributed by atoms with Gasteiger partial charge in [-0.1, -0.05) is 19.3 Å². The van der Waals surface area contributed by atoms with Gasteiger partial charge in [0.1, 0.15) is 0 Å². The van der Waals surface area contributed by atoms with E-state index in [-0.39, 0.29) is 0 Å². The lowest BCUT2D eigenvalue weighted by Gasteiger charge is -2.22. The Morgan fingerprint density at radius 3 is 2.47 bits per heavy atom. The van der Waals surface area contributed by atoms with Gasteiger partial charge in [-0.3, -0.25) is 0 Å². The number of aromatic nitrogens is 2. The predicted octanol–water partition coefficient (Wildman–Crippen LogP) is 1.92. The minimum absolute atomic E-state index is 0.629. The van der Waals surface area contributed by atoms with E-state index in [1.165, 1.54) is 37.7 Å². The van der Waals surface area contributed by atoms with E-state index < -0.39 is 0 Å². The number of hydrogen-bond acceptors (Lipinski definition) is 4. The highest BCUT2D eigenvalue weighted by molar-refractivity contribution is 5.29. The zero-order valence-electron chi connectivity index (χ0n) is 10.6. The van der Waals surface area contributed by atoms with Gasteiger partial charge in [0.25, 0.3) is 0 Å². The molecule has 0 saturated heterocycles. The molecule has 1 aliphatic rings. The molecule has 4 heteroatoms. The summed E-state index contributed by atoms with van der Waals surface area (Å²) in [6, 6.07) is 0. The molecule has 1 fully saturated rings.